The summed E-state index contributed by atoms with van der Waals surface area (Å²) in [5, 5.41) is 29.6. The van der Waals surface area contributed by atoms with Gasteiger partial charge in [0.1, 0.15) is 0 Å². The Morgan fingerprint density at radius 2 is 1.83 bits per heavy atom. The SMILES string of the molecule is CCOc1cc(C2Nc3ccccc3NC3=C2C(=O)CC(c2ccccc2Cl)C3)cc([N+](=O)[O-])c1O. The first-order chi connectivity index (χ1) is 17.4. The van der Waals surface area contributed by atoms with Crippen molar-refractivity contribution in [3.8, 4) is 11.5 Å². The second kappa shape index (κ2) is 9.54. The first kappa shape index (κ1) is 23.7. The zero-order valence-electron chi connectivity index (χ0n) is 19.5. The third kappa shape index (κ3) is 4.24. The summed E-state index contributed by atoms with van der Waals surface area (Å²) in [5.74, 6) is -0.752. The number of Topliss-reactive ketones (excluding diaryl/α,β-unsaturated/α-hetero) is 1. The fraction of sp³-hybridized carbons (Fsp3) is 0.222. The van der Waals surface area contributed by atoms with Gasteiger partial charge in [0, 0.05) is 28.8 Å². The highest BCUT2D eigenvalue weighted by Gasteiger charge is 2.37. The summed E-state index contributed by atoms with van der Waals surface area (Å²) in [5.41, 5.74) is 3.62. The Hall–Kier alpha value is -4.04. The molecule has 0 spiro atoms. The van der Waals surface area contributed by atoms with Crippen molar-refractivity contribution in [3.63, 3.8) is 0 Å². The van der Waals surface area contributed by atoms with Crippen molar-refractivity contribution in [1.82, 2.24) is 0 Å². The number of hydrogen-bond acceptors (Lipinski definition) is 7. The molecule has 184 valence electrons. The molecule has 36 heavy (non-hydrogen) atoms. The number of carbonyl (C=O) groups excluding carboxylic acids is 1. The average Bonchev–Trinajstić information content (AvgIpc) is 3.02. The molecule has 9 heteroatoms. The number of benzene rings is 3. The van der Waals surface area contributed by atoms with Gasteiger partial charge in [-0.05, 0) is 54.7 Å². The predicted molar refractivity (Wildman–Crippen MR) is 138 cm³/mol. The molecular weight excluding hydrogens is 482 g/mol. The van der Waals surface area contributed by atoms with Crippen LogP contribution in [0, 0.1) is 10.1 Å². The topological polar surface area (TPSA) is 114 Å². The number of ether oxygens (including phenoxy) is 1. The number of nitro groups is 1. The Labute approximate surface area is 212 Å². The number of carbonyl (C=O) groups is 1. The maximum Gasteiger partial charge on any atom is 0.315 e. The number of ketones is 1. The summed E-state index contributed by atoms with van der Waals surface area (Å²) in [6.07, 6.45) is 0.785. The molecule has 1 aliphatic heterocycles. The zero-order valence-corrected chi connectivity index (χ0v) is 20.2. The number of halogens is 1. The molecule has 5 rings (SSSR count). The third-order valence-corrected chi connectivity index (χ3v) is 6.91. The molecule has 3 aromatic rings. The van der Waals surface area contributed by atoms with Gasteiger partial charge in [0.05, 0.1) is 28.9 Å². The van der Waals surface area contributed by atoms with Gasteiger partial charge in [-0.1, -0.05) is 41.9 Å². The fourth-order valence-electron chi connectivity index (χ4n) is 4.95. The van der Waals surface area contributed by atoms with Crippen molar-refractivity contribution in [2.75, 3.05) is 17.2 Å². The highest BCUT2D eigenvalue weighted by molar-refractivity contribution is 6.31. The summed E-state index contributed by atoms with van der Waals surface area (Å²) in [4.78, 5) is 24.8. The van der Waals surface area contributed by atoms with Crippen molar-refractivity contribution in [2.45, 2.75) is 31.7 Å². The van der Waals surface area contributed by atoms with Crippen LogP contribution in [0.15, 0.2) is 71.9 Å². The lowest BCUT2D eigenvalue weighted by Crippen LogP contribution is -2.27. The molecule has 0 saturated heterocycles. The fourth-order valence-corrected chi connectivity index (χ4v) is 5.24. The van der Waals surface area contributed by atoms with Crippen molar-refractivity contribution in [2.24, 2.45) is 0 Å². The Kier molecular flexibility index (Phi) is 6.28. The Morgan fingerprint density at radius 3 is 2.56 bits per heavy atom. The normalized spacial score (nSPS) is 18.9. The molecule has 3 aromatic carbocycles. The van der Waals surface area contributed by atoms with E-state index < -0.39 is 22.4 Å². The molecule has 2 unspecified atom stereocenters. The molecule has 0 aromatic heterocycles. The minimum Gasteiger partial charge on any atom is -0.500 e. The number of allylic oxidation sites excluding steroid dienone is 1. The molecule has 8 nitrogen and oxygen atoms in total. The second-order valence-electron chi connectivity index (χ2n) is 8.77. The Bertz CT molecular complexity index is 1400. The lowest BCUT2D eigenvalue weighted by Gasteiger charge is -2.30. The number of nitrogens with one attached hydrogen (secondary N) is 2. The van der Waals surface area contributed by atoms with E-state index in [1.54, 1.807) is 13.0 Å². The number of para-hydroxylation sites is 2. The Balaban J connectivity index is 1.67. The average molecular weight is 506 g/mol. The van der Waals surface area contributed by atoms with Gasteiger partial charge in [0.2, 0.25) is 5.75 Å². The van der Waals surface area contributed by atoms with E-state index in [-0.39, 0.29) is 30.5 Å². The summed E-state index contributed by atoms with van der Waals surface area (Å²) in [7, 11) is 0. The van der Waals surface area contributed by atoms with E-state index >= 15 is 0 Å². The highest BCUT2D eigenvalue weighted by atomic mass is 35.5. The zero-order chi connectivity index (χ0) is 25.4. The van der Waals surface area contributed by atoms with Crippen LogP contribution in [0.1, 0.15) is 42.9 Å². The van der Waals surface area contributed by atoms with Crippen molar-refractivity contribution in [3.05, 3.63) is 98.2 Å². The van der Waals surface area contributed by atoms with E-state index in [1.807, 2.05) is 48.5 Å². The number of phenolic OH excluding ortho intramolecular Hbond substituents is 1. The number of phenols is 1. The Morgan fingerprint density at radius 1 is 1.11 bits per heavy atom. The molecule has 1 aliphatic carbocycles. The van der Waals surface area contributed by atoms with E-state index in [4.69, 9.17) is 16.3 Å². The van der Waals surface area contributed by atoms with E-state index in [0.717, 1.165) is 22.6 Å². The van der Waals surface area contributed by atoms with Crippen molar-refractivity contribution < 1.29 is 19.6 Å². The monoisotopic (exact) mass is 505 g/mol. The van der Waals surface area contributed by atoms with Gasteiger partial charge in [0.25, 0.3) is 0 Å². The van der Waals surface area contributed by atoms with Crippen LogP contribution in [0.5, 0.6) is 11.5 Å². The predicted octanol–water partition coefficient (Wildman–Crippen LogP) is 6.33. The molecule has 0 saturated carbocycles. The minimum atomic E-state index is -0.700. The molecule has 0 fully saturated rings. The molecule has 2 aliphatic rings. The minimum absolute atomic E-state index is 0.00616. The highest BCUT2D eigenvalue weighted by Crippen LogP contribution is 2.47. The van der Waals surface area contributed by atoms with E-state index in [9.17, 15) is 20.0 Å². The van der Waals surface area contributed by atoms with Crippen LogP contribution in [0.4, 0.5) is 17.1 Å². The number of nitro benzene ring substituents is 1. The maximum absolute atomic E-state index is 13.7. The number of rotatable bonds is 5. The quantitative estimate of drug-likeness (QED) is 0.274. The van der Waals surface area contributed by atoms with Crippen LogP contribution in [0.25, 0.3) is 0 Å². The van der Waals surface area contributed by atoms with Gasteiger partial charge in [-0.3, -0.25) is 14.9 Å². The molecule has 2 atom stereocenters. The van der Waals surface area contributed by atoms with Crippen LogP contribution in [0.2, 0.25) is 5.02 Å². The summed E-state index contributed by atoms with van der Waals surface area (Å²) in [6, 6.07) is 17.2. The van der Waals surface area contributed by atoms with Crippen LogP contribution in [-0.2, 0) is 4.79 Å². The molecule has 3 N–H and O–H groups in total. The first-order valence-electron chi connectivity index (χ1n) is 11.6. The third-order valence-electron chi connectivity index (χ3n) is 6.56. The van der Waals surface area contributed by atoms with E-state index in [1.165, 1.54) is 6.07 Å². The molecule has 0 radical (unpaired) electrons. The van der Waals surface area contributed by atoms with Crippen LogP contribution in [0.3, 0.4) is 0 Å². The van der Waals surface area contributed by atoms with Gasteiger partial charge in [0.15, 0.2) is 11.5 Å². The van der Waals surface area contributed by atoms with Crippen LogP contribution < -0.4 is 15.4 Å². The van der Waals surface area contributed by atoms with Gasteiger partial charge >= 0.3 is 5.69 Å². The standard InChI is InChI=1S/C27H24ClN3O5/c1-2-36-24-14-16(12-22(27(24)33)31(34)35)26-25-21(29-19-9-5-6-10-20(19)30-26)11-15(13-23(25)32)17-7-3-4-8-18(17)28/h3-10,12,14-15,26,29-30,33H,2,11,13H2,1H3. The van der Waals surface area contributed by atoms with Crippen molar-refractivity contribution in [1.29, 1.82) is 0 Å². The molecular formula is C27H24ClN3O5. The lowest BCUT2D eigenvalue weighted by molar-refractivity contribution is -0.386. The summed E-state index contributed by atoms with van der Waals surface area (Å²) >= 11 is 6.47. The number of aromatic hydroxyl groups is 1. The van der Waals surface area contributed by atoms with E-state index in [2.05, 4.69) is 10.6 Å². The van der Waals surface area contributed by atoms with Crippen LogP contribution >= 0.6 is 11.6 Å². The summed E-state index contributed by atoms with van der Waals surface area (Å²) < 4.78 is 5.50. The molecule has 0 amide bonds. The first-order valence-corrected chi connectivity index (χ1v) is 12.0. The second-order valence-corrected chi connectivity index (χ2v) is 9.17. The smallest absolute Gasteiger partial charge is 0.315 e. The summed E-state index contributed by atoms with van der Waals surface area (Å²) in [6.45, 7) is 1.94. The largest absolute Gasteiger partial charge is 0.500 e. The number of nitrogens with zero attached hydrogens (tertiary/aromatic N) is 1. The number of fused-ring (bicyclic) bond motifs is 1. The van der Waals surface area contributed by atoms with Gasteiger partial charge < -0.3 is 20.5 Å². The van der Waals surface area contributed by atoms with Gasteiger partial charge in [-0.2, -0.15) is 0 Å². The maximum atomic E-state index is 13.7. The molecule has 1 heterocycles. The van der Waals surface area contributed by atoms with E-state index in [0.29, 0.717) is 22.6 Å². The van der Waals surface area contributed by atoms with Gasteiger partial charge in [-0.25, -0.2) is 0 Å². The van der Waals surface area contributed by atoms with Crippen LogP contribution in [-0.4, -0.2) is 22.4 Å². The lowest BCUT2D eigenvalue weighted by atomic mass is 9.78. The number of hydrogen-bond donors (Lipinski definition) is 3. The molecule has 0 bridgehead atoms. The van der Waals surface area contributed by atoms with Gasteiger partial charge in [-0.15, -0.1) is 0 Å². The van der Waals surface area contributed by atoms with Crippen molar-refractivity contribution >= 4 is 34.4 Å². The number of anilines is 2.